The molecular weight excluding hydrogens is 284 g/mol. The molecule has 0 radical (unpaired) electrons. The van der Waals surface area contributed by atoms with Crippen LogP contribution in [0.3, 0.4) is 0 Å². The molecular formula is C16H22N2O4. The Bertz CT molecular complexity index is 573. The van der Waals surface area contributed by atoms with E-state index in [9.17, 15) is 14.9 Å². The molecule has 2 atom stereocenters. The molecule has 1 fully saturated rings. The Balaban J connectivity index is 2.28. The minimum absolute atomic E-state index is 0.0184. The predicted octanol–water partition coefficient (Wildman–Crippen LogP) is 3.14. The molecule has 0 bridgehead atoms. The maximum Gasteiger partial charge on any atom is 0.344 e. The van der Waals surface area contributed by atoms with E-state index in [4.69, 9.17) is 0 Å². The molecule has 1 aliphatic rings. The summed E-state index contributed by atoms with van der Waals surface area (Å²) in [5.74, 6) is -0.671. The first kappa shape index (κ1) is 16.4. The maximum absolute atomic E-state index is 11.8. The number of likely N-dealkylation sites (tertiary alicyclic amines) is 1. The SMILES string of the molecule is CCC1CCC(C)N1Cc1ccc([N+](=O)[O-])c(C(=O)OC)c1. The fourth-order valence-corrected chi connectivity index (χ4v) is 3.17. The first-order valence-corrected chi connectivity index (χ1v) is 7.59. The van der Waals surface area contributed by atoms with Gasteiger partial charge in [-0.1, -0.05) is 13.0 Å². The highest BCUT2D eigenvalue weighted by molar-refractivity contribution is 5.94. The summed E-state index contributed by atoms with van der Waals surface area (Å²) in [5, 5.41) is 11.0. The van der Waals surface area contributed by atoms with E-state index < -0.39 is 10.9 Å². The summed E-state index contributed by atoms with van der Waals surface area (Å²) in [6.07, 6.45) is 3.42. The Kier molecular flexibility index (Phi) is 5.13. The first-order valence-electron chi connectivity index (χ1n) is 7.59. The Morgan fingerprint density at radius 3 is 2.77 bits per heavy atom. The zero-order valence-corrected chi connectivity index (χ0v) is 13.2. The lowest BCUT2D eigenvalue weighted by atomic mass is 10.1. The Labute approximate surface area is 130 Å². The van der Waals surface area contributed by atoms with E-state index in [0.29, 0.717) is 18.6 Å². The van der Waals surface area contributed by atoms with Gasteiger partial charge in [0.2, 0.25) is 0 Å². The van der Waals surface area contributed by atoms with Gasteiger partial charge in [0.1, 0.15) is 5.56 Å². The number of methoxy groups -OCH3 is 1. The average Bonchev–Trinajstić information content (AvgIpc) is 2.86. The van der Waals surface area contributed by atoms with E-state index in [1.807, 2.05) is 0 Å². The predicted molar refractivity (Wildman–Crippen MR) is 82.8 cm³/mol. The fourth-order valence-electron chi connectivity index (χ4n) is 3.17. The standard InChI is InChI=1S/C16H22N2O4/c1-4-13-7-5-11(2)17(13)10-12-6-8-15(18(20)21)14(9-12)16(19)22-3/h6,8-9,11,13H,4-5,7,10H2,1-3H3. The monoisotopic (exact) mass is 306 g/mol. The van der Waals surface area contributed by atoms with Gasteiger partial charge in [-0.15, -0.1) is 0 Å². The van der Waals surface area contributed by atoms with Crippen molar-refractivity contribution in [2.24, 2.45) is 0 Å². The summed E-state index contributed by atoms with van der Waals surface area (Å²) in [7, 11) is 1.23. The van der Waals surface area contributed by atoms with Crippen molar-refractivity contribution in [1.29, 1.82) is 0 Å². The summed E-state index contributed by atoms with van der Waals surface area (Å²) in [6, 6.07) is 5.72. The molecule has 22 heavy (non-hydrogen) atoms. The van der Waals surface area contributed by atoms with Crippen molar-refractivity contribution < 1.29 is 14.5 Å². The van der Waals surface area contributed by atoms with Crippen molar-refractivity contribution in [1.82, 2.24) is 4.90 Å². The summed E-state index contributed by atoms with van der Waals surface area (Å²) in [4.78, 5) is 24.7. The highest BCUT2D eigenvalue weighted by atomic mass is 16.6. The van der Waals surface area contributed by atoms with Crippen LogP contribution in [-0.2, 0) is 11.3 Å². The van der Waals surface area contributed by atoms with Crippen LogP contribution in [0.1, 0.15) is 49.0 Å². The summed E-state index contributed by atoms with van der Waals surface area (Å²) < 4.78 is 4.66. The van der Waals surface area contributed by atoms with E-state index in [1.54, 1.807) is 12.1 Å². The number of nitro benzene ring substituents is 1. The van der Waals surface area contributed by atoms with Gasteiger partial charge in [0.15, 0.2) is 0 Å². The molecule has 0 saturated carbocycles. The lowest BCUT2D eigenvalue weighted by Gasteiger charge is -2.27. The molecule has 0 spiro atoms. The van der Waals surface area contributed by atoms with E-state index in [2.05, 4.69) is 23.5 Å². The number of nitro groups is 1. The number of hydrogen-bond donors (Lipinski definition) is 0. The van der Waals surface area contributed by atoms with Crippen LogP contribution in [0.4, 0.5) is 5.69 Å². The third-order valence-electron chi connectivity index (χ3n) is 4.45. The third-order valence-corrected chi connectivity index (χ3v) is 4.45. The second-order valence-corrected chi connectivity index (χ2v) is 5.76. The van der Waals surface area contributed by atoms with Gasteiger partial charge in [0, 0.05) is 24.7 Å². The molecule has 2 rings (SSSR count). The van der Waals surface area contributed by atoms with Gasteiger partial charge in [-0.2, -0.15) is 0 Å². The van der Waals surface area contributed by atoms with Crippen molar-refractivity contribution in [2.45, 2.75) is 51.7 Å². The van der Waals surface area contributed by atoms with E-state index >= 15 is 0 Å². The van der Waals surface area contributed by atoms with Gasteiger partial charge in [-0.05, 0) is 37.8 Å². The van der Waals surface area contributed by atoms with E-state index in [-0.39, 0.29) is 11.3 Å². The number of carbonyl (C=O) groups excluding carboxylic acids is 1. The molecule has 120 valence electrons. The van der Waals surface area contributed by atoms with Gasteiger partial charge >= 0.3 is 5.97 Å². The lowest BCUT2D eigenvalue weighted by Crippen LogP contribution is -2.33. The number of rotatable bonds is 5. The van der Waals surface area contributed by atoms with E-state index in [0.717, 1.165) is 18.4 Å². The molecule has 0 amide bonds. The fraction of sp³-hybridized carbons (Fsp3) is 0.562. The summed E-state index contributed by atoms with van der Waals surface area (Å²) >= 11 is 0. The van der Waals surface area contributed by atoms with Crippen molar-refractivity contribution >= 4 is 11.7 Å². The molecule has 1 aromatic carbocycles. The first-order chi connectivity index (χ1) is 10.5. The van der Waals surface area contributed by atoms with Crippen LogP contribution in [0.5, 0.6) is 0 Å². The Morgan fingerprint density at radius 2 is 2.18 bits per heavy atom. The van der Waals surface area contributed by atoms with Gasteiger partial charge in [-0.25, -0.2) is 4.79 Å². The zero-order valence-electron chi connectivity index (χ0n) is 13.2. The number of hydrogen-bond acceptors (Lipinski definition) is 5. The average molecular weight is 306 g/mol. The normalized spacial score (nSPS) is 21.8. The van der Waals surface area contributed by atoms with Gasteiger partial charge in [-0.3, -0.25) is 15.0 Å². The smallest absolute Gasteiger partial charge is 0.344 e. The molecule has 1 heterocycles. The third kappa shape index (κ3) is 3.27. The van der Waals surface area contributed by atoms with E-state index in [1.165, 1.54) is 19.6 Å². The quantitative estimate of drug-likeness (QED) is 0.474. The van der Waals surface area contributed by atoms with Crippen molar-refractivity contribution in [2.75, 3.05) is 7.11 Å². The molecule has 0 N–H and O–H groups in total. The molecule has 1 saturated heterocycles. The molecule has 1 aliphatic heterocycles. The van der Waals surface area contributed by atoms with Crippen LogP contribution in [0, 0.1) is 10.1 Å². The maximum atomic E-state index is 11.8. The van der Waals surface area contributed by atoms with Crippen LogP contribution in [0.15, 0.2) is 18.2 Å². The van der Waals surface area contributed by atoms with Crippen LogP contribution < -0.4 is 0 Å². The van der Waals surface area contributed by atoms with Crippen molar-refractivity contribution in [3.05, 3.63) is 39.4 Å². The van der Waals surface area contributed by atoms with Crippen molar-refractivity contribution in [3.8, 4) is 0 Å². The van der Waals surface area contributed by atoms with Gasteiger partial charge < -0.3 is 4.74 Å². The van der Waals surface area contributed by atoms with Crippen LogP contribution >= 0.6 is 0 Å². The van der Waals surface area contributed by atoms with Gasteiger partial charge in [0.05, 0.1) is 12.0 Å². The largest absolute Gasteiger partial charge is 0.465 e. The highest BCUT2D eigenvalue weighted by Gasteiger charge is 2.30. The summed E-state index contributed by atoms with van der Waals surface area (Å²) in [5.41, 5.74) is 0.709. The number of benzene rings is 1. The number of nitrogens with zero attached hydrogens (tertiary/aromatic N) is 2. The summed E-state index contributed by atoms with van der Waals surface area (Å²) in [6.45, 7) is 5.06. The molecule has 2 unspecified atom stereocenters. The second kappa shape index (κ2) is 6.87. The molecule has 6 heteroatoms. The highest BCUT2D eigenvalue weighted by Crippen LogP contribution is 2.29. The van der Waals surface area contributed by atoms with Crippen LogP contribution in [0.2, 0.25) is 0 Å². The Morgan fingerprint density at radius 1 is 1.45 bits per heavy atom. The molecule has 1 aromatic rings. The topological polar surface area (TPSA) is 72.7 Å². The van der Waals surface area contributed by atoms with Crippen LogP contribution in [-0.4, -0.2) is 35.0 Å². The lowest BCUT2D eigenvalue weighted by molar-refractivity contribution is -0.385. The van der Waals surface area contributed by atoms with Crippen LogP contribution in [0.25, 0.3) is 0 Å². The molecule has 0 aromatic heterocycles. The number of esters is 1. The molecule has 6 nitrogen and oxygen atoms in total. The minimum atomic E-state index is -0.671. The number of ether oxygens (including phenoxy) is 1. The van der Waals surface area contributed by atoms with Gasteiger partial charge in [0.25, 0.3) is 5.69 Å². The Hall–Kier alpha value is -1.95. The minimum Gasteiger partial charge on any atom is -0.465 e. The molecule has 0 aliphatic carbocycles. The zero-order chi connectivity index (χ0) is 16.3. The second-order valence-electron chi connectivity index (χ2n) is 5.76. The number of carbonyl (C=O) groups is 1. The van der Waals surface area contributed by atoms with Crippen molar-refractivity contribution in [3.63, 3.8) is 0 Å².